The van der Waals surface area contributed by atoms with Crippen molar-refractivity contribution in [2.24, 2.45) is 0 Å². The number of aromatic nitrogens is 3. The molecule has 1 atom stereocenters. The van der Waals surface area contributed by atoms with Gasteiger partial charge in [-0.05, 0) is 26.0 Å². The standard InChI is InChI=1S/C15H20N4O2S/c1-11-9-14(19(3)12(2)10-22(4,20)21)18-15(17-11)13-5-7-16-8-6-13/h5-9,12H,10H2,1-4H3/t12-/m0/s1. The van der Waals surface area contributed by atoms with Crippen LogP contribution in [0.4, 0.5) is 5.82 Å². The molecule has 0 saturated heterocycles. The van der Waals surface area contributed by atoms with Crippen LogP contribution in [-0.4, -0.2) is 48.5 Å². The molecule has 0 aromatic carbocycles. The second-order valence-electron chi connectivity index (χ2n) is 5.48. The highest BCUT2D eigenvalue weighted by molar-refractivity contribution is 7.90. The molecule has 2 aromatic rings. The molecule has 0 aliphatic heterocycles. The van der Waals surface area contributed by atoms with Crippen LogP contribution in [0.5, 0.6) is 0 Å². The van der Waals surface area contributed by atoms with Crippen LogP contribution in [0, 0.1) is 6.92 Å². The van der Waals surface area contributed by atoms with Gasteiger partial charge in [0.1, 0.15) is 15.7 Å². The number of pyridine rings is 1. The lowest BCUT2D eigenvalue weighted by molar-refractivity contribution is 0.592. The smallest absolute Gasteiger partial charge is 0.161 e. The lowest BCUT2D eigenvalue weighted by Gasteiger charge is -2.25. The lowest BCUT2D eigenvalue weighted by Crippen LogP contribution is -2.35. The molecule has 0 aliphatic carbocycles. The van der Waals surface area contributed by atoms with Gasteiger partial charge in [-0.3, -0.25) is 4.98 Å². The molecule has 6 nitrogen and oxygen atoms in total. The van der Waals surface area contributed by atoms with E-state index in [1.807, 2.05) is 44.0 Å². The Morgan fingerprint density at radius 1 is 1.23 bits per heavy atom. The molecule has 0 unspecified atom stereocenters. The Morgan fingerprint density at radius 3 is 2.45 bits per heavy atom. The summed E-state index contributed by atoms with van der Waals surface area (Å²) in [5.41, 5.74) is 1.71. The minimum absolute atomic E-state index is 0.0805. The molecule has 0 N–H and O–H groups in total. The van der Waals surface area contributed by atoms with E-state index in [9.17, 15) is 8.42 Å². The van der Waals surface area contributed by atoms with Crippen molar-refractivity contribution in [2.75, 3.05) is 24.0 Å². The molecule has 0 bridgehead atoms. The average Bonchev–Trinajstić information content (AvgIpc) is 2.45. The fourth-order valence-corrected chi connectivity index (χ4v) is 3.24. The number of hydrogen-bond donors (Lipinski definition) is 0. The van der Waals surface area contributed by atoms with E-state index in [0.29, 0.717) is 11.6 Å². The summed E-state index contributed by atoms with van der Waals surface area (Å²) in [5, 5.41) is 0. The summed E-state index contributed by atoms with van der Waals surface area (Å²) >= 11 is 0. The van der Waals surface area contributed by atoms with Crippen LogP contribution >= 0.6 is 0 Å². The first kappa shape index (κ1) is 16.4. The molecule has 0 amide bonds. The average molecular weight is 320 g/mol. The minimum atomic E-state index is -3.04. The van der Waals surface area contributed by atoms with E-state index >= 15 is 0 Å². The SMILES string of the molecule is Cc1cc(N(C)[C@@H](C)CS(C)(=O)=O)nc(-c2ccncc2)n1. The van der Waals surface area contributed by atoms with Gasteiger partial charge < -0.3 is 4.90 Å². The second-order valence-corrected chi connectivity index (χ2v) is 7.66. The fourth-order valence-electron chi connectivity index (χ4n) is 2.14. The Bertz CT molecular complexity index is 747. The van der Waals surface area contributed by atoms with Crippen molar-refractivity contribution in [3.63, 3.8) is 0 Å². The van der Waals surface area contributed by atoms with Crippen molar-refractivity contribution in [2.45, 2.75) is 19.9 Å². The molecule has 7 heteroatoms. The van der Waals surface area contributed by atoms with Gasteiger partial charge >= 0.3 is 0 Å². The highest BCUT2D eigenvalue weighted by Crippen LogP contribution is 2.20. The third-order valence-corrected chi connectivity index (χ3v) is 4.43. The van der Waals surface area contributed by atoms with Crippen LogP contribution in [0.1, 0.15) is 12.6 Å². The number of sulfone groups is 1. The first-order valence-corrected chi connectivity index (χ1v) is 8.99. The molecule has 2 rings (SSSR count). The van der Waals surface area contributed by atoms with Crippen LogP contribution in [0.3, 0.4) is 0 Å². The molecule has 2 heterocycles. The van der Waals surface area contributed by atoms with Gasteiger partial charge in [-0.25, -0.2) is 18.4 Å². The maximum atomic E-state index is 11.5. The molecule has 0 fully saturated rings. The van der Waals surface area contributed by atoms with Crippen molar-refractivity contribution < 1.29 is 8.42 Å². The fraction of sp³-hybridized carbons (Fsp3) is 0.400. The van der Waals surface area contributed by atoms with E-state index in [2.05, 4.69) is 15.0 Å². The molecular formula is C15H20N4O2S. The summed E-state index contributed by atoms with van der Waals surface area (Å²) in [6, 6.07) is 5.37. The topological polar surface area (TPSA) is 76.1 Å². The van der Waals surface area contributed by atoms with Crippen LogP contribution in [-0.2, 0) is 9.84 Å². The van der Waals surface area contributed by atoms with Crippen molar-refractivity contribution in [1.82, 2.24) is 15.0 Å². The number of aryl methyl sites for hydroxylation is 1. The first-order chi connectivity index (χ1) is 10.3. The molecule has 0 saturated carbocycles. The van der Waals surface area contributed by atoms with Gasteiger partial charge in [-0.2, -0.15) is 0 Å². The second kappa shape index (κ2) is 6.39. The zero-order chi connectivity index (χ0) is 16.3. The maximum absolute atomic E-state index is 11.5. The minimum Gasteiger partial charge on any atom is -0.356 e. The third-order valence-electron chi connectivity index (χ3n) is 3.35. The van der Waals surface area contributed by atoms with E-state index in [0.717, 1.165) is 11.3 Å². The lowest BCUT2D eigenvalue weighted by atomic mass is 10.2. The van der Waals surface area contributed by atoms with Crippen LogP contribution in [0.2, 0.25) is 0 Å². The zero-order valence-electron chi connectivity index (χ0n) is 13.2. The molecule has 0 spiro atoms. The van der Waals surface area contributed by atoms with E-state index in [1.165, 1.54) is 6.26 Å². The van der Waals surface area contributed by atoms with Crippen molar-refractivity contribution in [3.05, 3.63) is 36.3 Å². The zero-order valence-corrected chi connectivity index (χ0v) is 14.0. The number of nitrogens with zero attached hydrogens (tertiary/aromatic N) is 4. The molecule has 118 valence electrons. The third kappa shape index (κ3) is 4.24. The highest BCUT2D eigenvalue weighted by Gasteiger charge is 2.18. The van der Waals surface area contributed by atoms with Crippen LogP contribution in [0.15, 0.2) is 30.6 Å². The van der Waals surface area contributed by atoms with Crippen LogP contribution < -0.4 is 4.90 Å². The molecule has 0 radical (unpaired) electrons. The monoisotopic (exact) mass is 320 g/mol. The quantitative estimate of drug-likeness (QED) is 0.835. The van der Waals surface area contributed by atoms with Gasteiger partial charge in [-0.1, -0.05) is 0 Å². The molecule has 22 heavy (non-hydrogen) atoms. The van der Waals surface area contributed by atoms with E-state index in [4.69, 9.17) is 0 Å². The number of rotatable bonds is 5. The van der Waals surface area contributed by atoms with Crippen molar-refractivity contribution in [3.8, 4) is 11.4 Å². The predicted molar refractivity (Wildman–Crippen MR) is 87.6 cm³/mol. The van der Waals surface area contributed by atoms with Gasteiger partial charge in [0.25, 0.3) is 0 Å². The van der Waals surface area contributed by atoms with E-state index in [1.54, 1.807) is 12.4 Å². The summed E-state index contributed by atoms with van der Waals surface area (Å²) in [4.78, 5) is 14.8. The summed E-state index contributed by atoms with van der Waals surface area (Å²) in [6.07, 6.45) is 4.62. The Kier molecular flexibility index (Phi) is 4.75. The van der Waals surface area contributed by atoms with E-state index < -0.39 is 9.84 Å². The van der Waals surface area contributed by atoms with Crippen molar-refractivity contribution in [1.29, 1.82) is 0 Å². The predicted octanol–water partition coefficient (Wildman–Crippen LogP) is 1.72. The van der Waals surface area contributed by atoms with Crippen LogP contribution in [0.25, 0.3) is 11.4 Å². The largest absolute Gasteiger partial charge is 0.356 e. The Labute approximate surface area is 131 Å². The normalized spacial score (nSPS) is 12.9. The molecule has 0 aliphatic rings. The Morgan fingerprint density at radius 2 is 1.86 bits per heavy atom. The van der Waals surface area contributed by atoms with Crippen molar-refractivity contribution >= 4 is 15.7 Å². The number of anilines is 1. The molecule has 2 aromatic heterocycles. The molecular weight excluding hydrogens is 300 g/mol. The van der Waals surface area contributed by atoms with E-state index in [-0.39, 0.29) is 11.8 Å². The van der Waals surface area contributed by atoms with Gasteiger partial charge in [0.15, 0.2) is 5.82 Å². The number of hydrogen-bond acceptors (Lipinski definition) is 6. The maximum Gasteiger partial charge on any atom is 0.161 e. The van der Waals surface area contributed by atoms with Gasteiger partial charge in [0, 0.05) is 49.1 Å². The van der Waals surface area contributed by atoms with Gasteiger partial charge in [-0.15, -0.1) is 0 Å². The Hall–Kier alpha value is -2.02. The summed E-state index contributed by atoms with van der Waals surface area (Å²) in [5.74, 6) is 1.39. The first-order valence-electron chi connectivity index (χ1n) is 6.93. The Balaban J connectivity index is 2.34. The summed E-state index contributed by atoms with van der Waals surface area (Å²) in [7, 11) is -1.20. The van der Waals surface area contributed by atoms with Gasteiger partial charge in [0.05, 0.1) is 5.75 Å². The van der Waals surface area contributed by atoms with Gasteiger partial charge in [0.2, 0.25) is 0 Å². The summed E-state index contributed by atoms with van der Waals surface area (Å²) < 4.78 is 22.9. The summed E-state index contributed by atoms with van der Waals surface area (Å²) in [6.45, 7) is 3.76. The highest BCUT2D eigenvalue weighted by atomic mass is 32.2.